The number of nitrogens with one attached hydrogen (secondary N) is 1. The lowest BCUT2D eigenvalue weighted by Gasteiger charge is -2.42. The normalized spacial score (nSPS) is 28.3. The van der Waals surface area contributed by atoms with E-state index in [1.54, 1.807) is 0 Å². The Bertz CT molecular complexity index is 420. The average molecular weight is 288 g/mol. The minimum absolute atomic E-state index is 0.235. The third-order valence-corrected chi connectivity index (χ3v) is 4.71. The van der Waals surface area contributed by atoms with Crippen LogP contribution in [-0.2, 0) is 5.41 Å². The number of aliphatic hydroxyl groups is 1. The van der Waals surface area contributed by atoms with Crippen LogP contribution in [0, 0.1) is 0 Å². The summed E-state index contributed by atoms with van der Waals surface area (Å²) in [5.74, 6) is 0. The molecule has 1 aromatic carbocycles. The van der Waals surface area contributed by atoms with Crippen LogP contribution in [0.5, 0.6) is 0 Å². The van der Waals surface area contributed by atoms with E-state index < -0.39 is 0 Å². The summed E-state index contributed by atoms with van der Waals surface area (Å²) >= 11 is 12.1. The van der Waals surface area contributed by atoms with Crippen LogP contribution in [0.25, 0.3) is 0 Å². The van der Waals surface area contributed by atoms with Gasteiger partial charge in [0, 0.05) is 12.0 Å². The molecule has 0 aromatic heterocycles. The van der Waals surface area contributed by atoms with Crippen LogP contribution in [0.1, 0.15) is 31.2 Å². The first-order valence-corrected chi connectivity index (χ1v) is 7.14. The van der Waals surface area contributed by atoms with Gasteiger partial charge in [-0.25, -0.2) is 0 Å². The number of hydrogen-bond acceptors (Lipinski definition) is 2. The summed E-state index contributed by atoms with van der Waals surface area (Å²) in [5.41, 5.74) is 0.847. The van der Waals surface area contributed by atoms with Gasteiger partial charge in [-0.3, -0.25) is 0 Å². The van der Waals surface area contributed by atoms with Crippen molar-refractivity contribution in [3.63, 3.8) is 0 Å². The van der Waals surface area contributed by atoms with Crippen LogP contribution in [0.3, 0.4) is 0 Å². The van der Waals surface area contributed by atoms with Crippen LogP contribution in [-0.4, -0.2) is 24.8 Å². The summed E-state index contributed by atoms with van der Waals surface area (Å²) in [7, 11) is 1.92. The molecule has 0 radical (unpaired) electrons. The van der Waals surface area contributed by atoms with E-state index in [9.17, 15) is 5.11 Å². The first-order valence-electron chi connectivity index (χ1n) is 6.38. The third-order valence-electron chi connectivity index (χ3n) is 3.98. The maximum Gasteiger partial charge on any atom is 0.0649 e. The summed E-state index contributed by atoms with van der Waals surface area (Å²) in [6.07, 6.45) is 3.73. The molecule has 2 N–H and O–H groups in total. The van der Waals surface area contributed by atoms with E-state index in [2.05, 4.69) is 5.32 Å². The molecule has 18 heavy (non-hydrogen) atoms. The topological polar surface area (TPSA) is 32.3 Å². The number of benzene rings is 1. The Morgan fingerprint density at radius 3 is 2.72 bits per heavy atom. The Morgan fingerprint density at radius 1 is 1.33 bits per heavy atom. The highest BCUT2D eigenvalue weighted by atomic mass is 35.5. The third kappa shape index (κ3) is 2.53. The van der Waals surface area contributed by atoms with Crippen molar-refractivity contribution in [2.75, 3.05) is 13.6 Å². The van der Waals surface area contributed by atoms with Crippen LogP contribution in [0.4, 0.5) is 0 Å². The molecule has 0 saturated heterocycles. The van der Waals surface area contributed by atoms with Gasteiger partial charge in [-0.05, 0) is 37.6 Å². The van der Waals surface area contributed by atoms with Crippen LogP contribution >= 0.6 is 23.2 Å². The summed E-state index contributed by atoms with van der Waals surface area (Å²) in [4.78, 5) is 0. The molecule has 2 rings (SSSR count). The molecule has 0 heterocycles. The smallest absolute Gasteiger partial charge is 0.0649 e. The zero-order chi connectivity index (χ0) is 13.2. The van der Waals surface area contributed by atoms with Gasteiger partial charge < -0.3 is 10.4 Å². The number of hydrogen-bond donors (Lipinski definition) is 2. The number of likely N-dealkylation sites (N-methyl/N-ethyl adjacent to an activating group) is 1. The monoisotopic (exact) mass is 287 g/mol. The molecule has 0 spiro atoms. The Labute approximate surface area is 118 Å². The first-order chi connectivity index (χ1) is 8.60. The quantitative estimate of drug-likeness (QED) is 0.893. The molecule has 0 bridgehead atoms. The van der Waals surface area contributed by atoms with Gasteiger partial charge in [-0.15, -0.1) is 0 Å². The van der Waals surface area contributed by atoms with Gasteiger partial charge in [0.2, 0.25) is 0 Å². The van der Waals surface area contributed by atoms with E-state index in [0.29, 0.717) is 10.0 Å². The van der Waals surface area contributed by atoms with E-state index >= 15 is 0 Å². The van der Waals surface area contributed by atoms with Crippen molar-refractivity contribution in [2.24, 2.45) is 0 Å². The maximum atomic E-state index is 10.4. The fourth-order valence-electron chi connectivity index (χ4n) is 2.99. The lowest BCUT2D eigenvalue weighted by Crippen LogP contribution is -2.48. The molecule has 2 atom stereocenters. The van der Waals surface area contributed by atoms with Gasteiger partial charge in [-0.1, -0.05) is 42.1 Å². The van der Waals surface area contributed by atoms with E-state index in [1.807, 2.05) is 25.2 Å². The van der Waals surface area contributed by atoms with Crippen molar-refractivity contribution < 1.29 is 5.11 Å². The molecular weight excluding hydrogens is 269 g/mol. The molecule has 0 aliphatic heterocycles. The van der Waals surface area contributed by atoms with E-state index in [1.165, 1.54) is 0 Å². The molecule has 2 nitrogen and oxygen atoms in total. The van der Waals surface area contributed by atoms with Gasteiger partial charge in [0.25, 0.3) is 0 Å². The first kappa shape index (κ1) is 14.1. The Kier molecular flexibility index (Phi) is 4.54. The molecule has 1 fully saturated rings. The molecule has 0 amide bonds. The Balaban J connectivity index is 2.42. The van der Waals surface area contributed by atoms with Gasteiger partial charge in [0.15, 0.2) is 0 Å². The molecule has 100 valence electrons. The zero-order valence-corrected chi connectivity index (χ0v) is 12.1. The lowest BCUT2D eigenvalue weighted by molar-refractivity contribution is 0.0424. The highest BCUT2D eigenvalue weighted by Gasteiger charge is 2.41. The number of halogens is 2. The SMILES string of the molecule is CNC[C@]1(c2ccc(Cl)c(Cl)c2)CCCC[C@@H]1O. The molecular formula is C14H19Cl2NO. The Hall–Kier alpha value is -0.280. The summed E-state index contributed by atoms with van der Waals surface area (Å²) in [5, 5.41) is 14.8. The van der Waals surface area contributed by atoms with Gasteiger partial charge in [-0.2, -0.15) is 0 Å². The largest absolute Gasteiger partial charge is 0.392 e. The van der Waals surface area contributed by atoms with Crippen molar-refractivity contribution >= 4 is 23.2 Å². The Morgan fingerprint density at radius 2 is 2.11 bits per heavy atom. The number of aliphatic hydroxyl groups excluding tert-OH is 1. The lowest BCUT2D eigenvalue weighted by atomic mass is 9.67. The van der Waals surface area contributed by atoms with E-state index in [-0.39, 0.29) is 11.5 Å². The second kappa shape index (κ2) is 5.79. The summed E-state index contributed by atoms with van der Waals surface area (Å²) < 4.78 is 0. The van der Waals surface area contributed by atoms with E-state index in [0.717, 1.165) is 37.8 Å². The molecule has 1 aromatic rings. The van der Waals surface area contributed by atoms with Gasteiger partial charge in [0.1, 0.15) is 0 Å². The molecule has 4 heteroatoms. The van der Waals surface area contributed by atoms with Crippen molar-refractivity contribution in [2.45, 2.75) is 37.2 Å². The zero-order valence-electron chi connectivity index (χ0n) is 10.5. The van der Waals surface area contributed by atoms with Crippen LogP contribution in [0.2, 0.25) is 10.0 Å². The molecule has 0 unspecified atom stereocenters. The summed E-state index contributed by atoms with van der Waals surface area (Å²) in [6, 6.07) is 5.70. The van der Waals surface area contributed by atoms with Crippen molar-refractivity contribution in [1.29, 1.82) is 0 Å². The van der Waals surface area contributed by atoms with E-state index in [4.69, 9.17) is 23.2 Å². The van der Waals surface area contributed by atoms with Gasteiger partial charge >= 0.3 is 0 Å². The standard InChI is InChI=1S/C14H19Cl2NO/c1-17-9-14(7-3-2-4-13(14)18)10-5-6-11(15)12(16)8-10/h5-6,8,13,17-18H,2-4,7,9H2,1H3/t13-,14-/m0/s1. The second-order valence-electron chi connectivity index (χ2n) is 5.08. The molecule has 1 aliphatic rings. The summed E-state index contributed by atoms with van der Waals surface area (Å²) in [6.45, 7) is 0.756. The minimum Gasteiger partial charge on any atom is -0.392 e. The molecule has 1 aliphatic carbocycles. The fourth-order valence-corrected chi connectivity index (χ4v) is 3.29. The molecule has 1 saturated carbocycles. The second-order valence-corrected chi connectivity index (χ2v) is 5.89. The maximum absolute atomic E-state index is 10.4. The minimum atomic E-state index is -0.323. The average Bonchev–Trinajstić information content (AvgIpc) is 2.36. The fraction of sp³-hybridized carbons (Fsp3) is 0.571. The van der Waals surface area contributed by atoms with Crippen LogP contribution < -0.4 is 5.32 Å². The van der Waals surface area contributed by atoms with Crippen LogP contribution in [0.15, 0.2) is 18.2 Å². The predicted molar refractivity (Wildman–Crippen MR) is 76.5 cm³/mol. The van der Waals surface area contributed by atoms with Crippen molar-refractivity contribution in [1.82, 2.24) is 5.32 Å². The number of rotatable bonds is 3. The predicted octanol–water partition coefficient (Wildman–Crippen LogP) is 3.39. The van der Waals surface area contributed by atoms with Crippen molar-refractivity contribution in [3.8, 4) is 0 Å². The van der Waals surface area contributed by atoms with Gasteiger partial charge in [0.05, 0.1) is 16.1 Å². The van der Waals surface area contributed by atoms with Crippen molar-refractivity contribution in [3.05, 3.63) is 33.8 Å². The highest BCUT2D eigenvalue weighted by molar-refractivity contribution is 6.42. The highest BCUT2D eigenvalue weighted by Crippen LogP contribution is 2.41.